The van der Waals surface area contributed by atoms with Gasteiger partial charge in [0.2, 0.25) is 0 Å². The minimum absolute atomic E-state index is 0.197. The summed E-state index contributed by atoms with van der Waals surface area (Å²) in [5.74, 6) is -0.886. The quantitative estimate of drug-likeness (QED) is 0.508. The lowest BCUT2D eigenvalue weighted by Crippen LogP contribution is -2.40. The van der Waals surface area contributed by atoms with E-state index in [1.165, 1.54) is 0 Å². The standard InChI is InChI=1S/C12H16O4/c1-3-10(13)15-8-12(6-5-7-12)9-16-11(14)4-2/h3-4H,1-2,5-9H2. The maximum absolute atomic E-state index is 10.9. The summed E-state index contributed by atoms with van der Waals surface area (Å²) < 4.78 is 9.98. The molecule has 0 saturated heterocycles. The number of esters is 2. The third kappa shape index (κ3) is 3.22. The molecule has 0 heterocycles. The van der Waals surface area contributed by atoms with Crippen molar-refractivity contribution in [3.05, 3.63) is 25.3 Å². The maximum Gasteiger partial charge on any atom is 0.330 e. The molecule has 0 aromatic carbocycles. The molecular weight excluding hydrogens is 208 g/mol. The Hall–Kier alpha value is -1.58. The van der Waals surface area contributed by atoms with E-state index in [0.29, 0.717) is 0 Å². The average molecular weight is 224 g/mol. The zero-order valence-electron chi connectivity index (χ0n) is 9.24. The van der Waals surface area contributed by atoms with Crippen LogP contribution >= 0.6 is 0 Å². The molecule has 1 aliphatic rings. The molecule has 0 aromatic heterocycles. The molecule has 4 nitrogen and oxygen atoms in total. The van der Waals surface area contributed by atoms with Crippen LogP contribution in [-0.2, 0) is 19.1 Å². The summed E-state index contributed by atoms with van der Waals surface area (Å²) in [6, 6.07) is 0. The Balaban J connectivity index is 2.38. The molecule has 0 radical (unpaired) electrons. The van der Waals surface area contributed by atoms with Gasteiger partial charge in [0.1, 0.15) is 13.2 Å². The largest absolute Gasteiger partial charge is 0.462 e. The number of carbonyl (C=O) groups excluding carboxylic acids is 2. The van der Waals surface area contributed by atoms with E-state index in [9.17, 15) is 9.59 Å². The van der Waals surface area contributed by atoms with E-state index in [1.54, 1.807) is 0 Å². The van der Waals surface area contributed by atoms with Crippen molar-refractivity contribution in [3.63, 3.8) is 0 Å². The first-order valence-corrected chi connectivity index (χ1v) is 5.20. The van der Waals surface area contributed by atoms with Crippen LogP contribution in [0.4, 0.5) is 0 Å². The van der Waals surface area contributed by atoms with Gasteiger partial charge in [-0.25, -0.2) is 9.59 Å². The van der Waals surface area contributed by atoms with E-state index in [1.807, 2.05) is 0 Å². The third-order valence-electron chi connectivity index (χ3n) is 2.79. The minimum Gasteiger partial charge on any atom is -0.462 e. The summed E-state index contributed by atoms with van der Waals surface area (Å²) in [5.41, 5.74) is -0.197. The molecule has 88 valence electrons. The van der Waals surface area contributed by atoms with Gasteiger partial charge in [-0.2, -0.15) is 0 Å². The van der Waals surface area contributed by atoms with Crippen LogP contribution in [0.1, 0.15) is 19.3 Å². The van der Waals surface area contributed by atoms with E-state index in [0.717, 1.165) is 31.4 Å². The molecule has 0 atom stereocenters. The lowest BCUT2D eigenvalue weighted by atomic mass is 9.70. The number of rotatable bonds is 6. The van der Waals surface area contributed by atoms with Crippen LogP contribution in [0.3, 0.4) is 0 Å². The fraction of sp³-hybridized carbons (Fsp3) is 0.500. The highest BCUT2D eigenvalue weighted by Crippen LogP contribution is 2.41. The first-order valence-electron chi connectivity index (χ1n) is 5.20. The fourth-order valence-corrected chi connectivity index (χ4v) is 1.57. The van der Waals surface area contributed by atoms with Crippen molar-refractivity contribution in [3.8, 4) is 0 Å². The Labute approximate surface area is 94.9 Å². The van der Waals surface area contributed by atoms with E-state index >= 15 is 0 Å². The molecule has 1 rings (SSSR count). The van der Waals surface area contributed by atoms with E-state index in [2.05, 4.69) is 13.2 Å². The average Bonchev–Trinajstić information content (AvgIpc) is 2.26. The SMILES string of the molecule is C=CC(=O)OCC1(COC(=O)C=C)CCC1. The second-order valence-corrected chi connectivity index (χ2v) is 3.98. The number of hydrogen-bond donors (Lipinski definition) is 0. The zero-order valence-corrected chi connectivity index (χ0v) is 9.24. The van der Waals surface area contributed by atoms with E-state index in [4.69, 9.17) is 9.47 Å². The van der Waals surface area contributed by atoms with Gasteiger partial charge in [0.25, 0.3) is 0 Å². The molecule has 0 N–H and O–H groups in total. The van der Waals surface area contributed by atoms with Crippen molar-refractivity contribution >= 4 is 11.9 Å². The third-order valence-corrected chi connectivity index (χ3v) is 2.79. The molecule has 1 aliphatic carbocycles. The smallest absolute Gasteiger partial charge is 0.330 e. The van der Waals surface area contributed by atoms with E-state index in [-0.39, 0.29) is 18.6 Å². The van der Waals surface area contributed by atoms with Crippen molar-refractivity contribution < 1.29 is 19.1 Å². The summed E-state index contributed by atoms with van der Waals surface area (Å²) in [7, 11) is 0. The van der Waals surface area contributed by atoms with Crippen LogP contribution in [0, 0.1) is 5.41 Å². The minimum atomic E-state index is -0.443. The monoisotopic (exact) mass is 224 g/mol. The van der Waals surface area contributed by atoms with Crippen LogP contribution in [-0.4, -0.2) is 25.2 Å². The molecule has 4 heteroatoms. The second-order valence-electron chi connectivity index (χ2n) is 3.98. The van der Waals surface area contributed by atoms with Crippen LogP contribution in [0.15, 0.2) is 25.3 Å². The molecule has 0 spiro atoms. The molecule has 1 fully saturated rings. The summed E-state index contributed by atoms with van der Waals surface area (Å²) in [4.78, 5) is 21.9. The molecule has 16 heavy (non-hydrogen) atoms. The van der Waals surface area contributed by atoms with Crippen LogP contribution in [0.25, 0.3) is 0 Å². The molecule has 0 aliphatic heterocycles. The first-order chi connectivity index (χ1) is 7.62. The van der Waals surface area contributed by atoms with Gasteiger partial charge in [0, 0.05) is 17.6 Å². The fourth-order valence-electron chi connectivity index (χ4n) is 1.57. The lowest BCUT2D eigenvalue weighted by molar-refractivity contribution is -0.152. The molecule has 0 bridgehead atoms. The Morgan fingerprint density at radius 3 is 1.75 bits per heavy atom. The van der Waals surface area contributed by atoms with Crippen molar-refractivity contribution in [2.75, 3.05) is 13.2 Å². The summed E-state index contributed by atoms with van der Waals surface area (Å²) in [6.45, 7) is 7.20. The Kier molecular flexibility index (Phi) is 4.28. The molecule has 0 amide bonds. The van der Waals surface area contributed by atoms with Gasteiger partial charge < -0.3 is 9.47 Å². The predicted molar refractivity (Wildman–Crippen MR) is 58.6 cm³/mol. The molecule has 0 unspecified atom stereocenters. The van der Waals surface area contributed by atoms with Gasteiger partial charge in [-0.05, 0) is 12.8 Å². The van der Waals surface area contributed by atoms with Crippen molar-refractivity contribution in [1.29, 1.82) is 0 Å². The molecule has 1 saturated carbocycles. The zero-order chi connectivity index (χ0) is 12.0. The Morgan fingerprint density at radius 1 is 1.06 bits per heavy atom. The molecular formula is C12H16O4. The van der Waals surface area contributed by atoms with Gasteiger partial charge in [-0.1, -0.05) is 19.6 Å². The number of ether oxygens (including phenoxy) is 2. The maximum atomic E-state index is 10.9. The van der Waals surface area contributed by atoms with Crippen LogP contribution < -0.4 is 0 Å². The number of hydrogen-bond acceptors (Lipinski definition) is 4. The number of carbonyl (C=O) groups is 2. The van der Waals surface area contributed by atoms with Gasteiger partial charge >= 0.3 is 11.9 Å². The predicted octanol–water partition coefficient (Wildman–Crippen LogP) is 1.62. The summed E-state index contributed by atoms with van der Waals surface area (Å²) in [6.07, 6.45) is 5.13. The topological polar surface area (TPSA) is 52.6 Å². The first kappa shape index (κ1) is 12.5. The van der Waals surface area contributed by atoms with Gasteiger partial charge in [0.15, 0.2) is 0 Å². The summed E-state index contributed by atoms with van der Waals surface area (Å²) in [5, 5.41) is 0. The highest BCUT2D eigenvalue weighted by molar-refractivity contribution is 5.81. The van der Waals surface area contributed by atoms with Gasteiger partial charge in [-0.3, -0.25) is 0 Å². The van der Waals surface area contributed by atoms with Crippen molar-refractivity contribution in [2.24, 2.45) is 5.41 Å². The van der Waals surface area contributed by atoms with Crippen molar-refractivity contribution in [1.82, 2.24) is 0 Å². The normalized spacial score (nSPS) is 16.8. The van der Waals surface area contributed by atoms with Crippen LogP contribution in [0.2, 0.25) is 0 Å². The highest BCUT2D eigenvalue weighted by Gasteiger charge is 2.39. The van der Waals surface area contributed by atoms with Gasteiger partial charge in [-0.15, -0.1) is 0 Å². The van der Waals surface area contributed by atoms with Crippen LogP contribution in [0.5, 0.6) is 0 Å². The highest BCUT2D eigenvalue weighted by atomic mass is 16.5. The van der Waals surface area contributed by atoms with Gasteiger partial charge in [0.05, 0.1) is 0 Å². The molecule has 0 aromatic rings. The lowest BCUT2D eigenvalue weighted by Gasteiger charge is -2.40. The van der Waals surface area contributed by atoms with Crippen molar-refractivity contribution in [2.45, 2.75) is 19.3 Å². The second kappa shape index (κ2) is 5.49. The summed E-state index contributed by atoms with van der Waals surface area (Å²) >= 11 is 0. The Morgan fingerprint density at radius 2 is 1.50 bits per heavy atom. The van der Waals surface area contributed by atoms with E-state index < -0.39 is 11.9 Å². The Bertz CT molecular complexity index is 276.